The van der Waals surface area contributed by atoms with Crippen LogP contribution >= 0.6 is 0 Å². The average Bonchev–Trinajstić information content (AvgIpc) is 3.04. The highest BCUT2D eigenvalue weighted by molar-refractivity contribution is 5.82. The molecule has 3 aromatic rings. The van der Waals surface area contributed by atoms with Crippen LogP contribution in [0.25, 0.3) is 22.3 Å². The van der Waals surface area contributed by atoms with Gasteiger partial charge in [0.1, 0.15) is 0 Å². The molecule has 2 aromatic heterocycles. The van der Waals surface area contributed by atoms with Crippen LogP contribution in [0.5, 0.6) is 0 Å². The molecule has 3 heterocycles. The third-order valence-corrected chi connectivity index (χ3v) is 4.26. The Kier molecular flexibility index (Phi) is 3.16. The van der Waals surface area contributed by atoms with Crippen molar-refractivity contribution >= 4 is 11.0 Å². The number of fused-ring (bicyclic) bond motifs is 1. The maximum atomic E-state index is 4.72. The summed E-state index contributed by atoms with van der Waals surface area (Å²) in [6.45, 7) is 2.17. The van der Waals surface area contributed by atoms with Gasteiger partial charge in [-0.15, -0.1) is 0 Å². The molecule has 0 spiro atoms. The molecule has 1 aromatic carbocycles. The Hall–Kier alpha value is -2.20. The van der Waals surface area contributed by atoms with Crippen LogP contribution in [0.15, 0.2) is 42.6 Å². The highest BCUT2D eigenvalue weighted by Crippen LogP contribution is 2.31. The zero-order chi connectivity index (χ0) is 14.1. The van der Waals surface area contributed by atoms with E-state index < -0.39 is 0 Å². The van der Waals surface area contributed by atoms with Crippen molar-refractivity contribution in [3.8, 4) is 11.3 Å². The minimum atomic E-state index is 0.546. The SMILES string of the molecule is c1ccc(-c2cc(C3CCCNC3)c3cn[nH]c3n2)cc1. The lowest BCUT2D eigenvalue weighted by Gasteiger charge is -2.24. The van der Waals surface area contributed by atoms with E-state index in [0.29, 0.717) is 5.92 Å². The van der Waals surface area contributed by atoms with Gasteiger partial charge in [-0.2, -0.15) is 5.10 Å². The van der Waals surface area contributed by atoms with Crippen LogP contribution in [0.3, 0.4) is 0 Å². The molecule has 1 saturated heterocycles. The van der Waals surface area contributed by atoms with Gasteiger partial charge >= 0.3 is 0 Å². The van der Waals surface area contributed by atoms with Gasteiger partial charge in [-0.05, 0) is 36.9 Å². The average molecular weight is 278 g/mol. The number of nitrogens with zero attached hydrogens (tertiary/aromatic N) is 2. The van der Waals surface area contributed by atoms with Crippen LogP contribution in [0.4, 0.5) is 0 Å². The Bertz CT molecular complexity index is 742. The summed E-state index contributed by atoms with van der Waals surface area (Å²) in [6.07, 6.45) is 4.36. The number of benzene rings is 1. The van der Waals surface area contributed by atoms with Crippen molar-refractivity contribution in [1.29, 1.82) is 0 Å². The molecule has 21 heavy (non-hydrogen) atoms. The summed E-state index contributed by atoms with van der Waals surface area (Å²) < 4.78 is 0. The molecule has 2 N–H and O–H groups in total. The molecule has 0 saturated carbocycles. The van der Waals surface area contributed by atoms with Crippen LogP contribution in [-0.2, 0) is 0 Å². The number of hydrogen-bond donors (Lipinski definition) is 2. The third kappa shape index (κ3) is 2.32. The molecular weight excluding hydrogens is 260 g/mol. The predicted octanol–water partition coefficient (Wildman–Crippen LogP) is 3.09. The van der Waals surface area contributed by atoms with Crippen molar-refractivity contribution in [2.75, 3.05) is 13.1 Å². The van der Waals surface area contributed by atoms with Gasteiger partial charge in [-0.25, -0.2) is 4.98 Å². The van der Waals surface area contributed by atoms with E-state index in [4.69, 9.17) is 4.98 Å². The smallest absolute Gasteiger partial charge is 0.156 e. The van der Waals surface area contributed by atoms with Crippen LogP contribution < -0.4 is 5.32 Å². The maximum absolute atomic E-state index is 4.72. The maximum Gasteiger partial charge on any atom is 0.156 e. The molecule has 4 heteroatoms. The van der Waals surface area contributed by atoms with E-state index >= 15 is 0 Å². The summed E-state index contributed by atoms with van der Waals surface area (Å²) in [5, 5.41) is 11.9. The van der Waals surface area contributed by atoms with Crippen molar-refractivity contribution in [2.45, 2.75) is 18.8 Å². The molecule has 0 radical (unpaired) electrons. The molecule has 1 atom stereocenters. The second-order valence-corrected chi connectivity index (χ2v) is 5.64. The van der Waals surface area contributed by atoms with Crippen LogP contribution in [0.2, 0.25) is 0 Å². The Labute approximate surface area is 123 Å². The van der Waals surface area contributed by atoms with Gasteiger partial charge in [0.25, 0.3) is 0 Å². The number of rotatable bonds is 2. The first-order valence-electron chi connectivity index (χ1n) is 7.52. The van der Waals surface area contributed by atoms with E-state index in [0.717, 1.165) is 35.4 Å². The number of piperidine rings is 1. The number of aromatic amines is 1. The quantitative estimate of drug-likeness (QED) is 0.757. The monoisotopic (exact) mass is 278 g/mol. The highest BCUT2D eigenvalue weighted by Gasteiger charge is 2.20. The van der Waals surface area contributed by atoms with Crippen molar-refractivity contribution in [3.63, 3.8) is 0 Å². The number of hydrogen-bond acceptors (Lipinski definition) is 3. The Balaban J connectivity index is 1.86. The molecule has 0 bridgehead atoms. The Morgan fingerprint density at radius 2 is 2.05 bits per heavy atom. The van der Waals surface area contributed by atoms with E-state index in [2.05, 4.69) is 45.8 Å². The fraction of sp³-hybridized carbons (Fsp3) is 0.294. The molecular formula is C17H18N4. The molecule has 1 aliphatic heterocycles. The van der Waals surface area contributed by atoms with Gasteiger partial charge in [0.15, 0.2) is 5.65 Å². The number of pyridine rings is 1. The van der Waals surface area contributed by atoms with Gasteiger partial charge in [-0.3, -0.25) is 5.10 Å². The summed E-state index contributed by atoms with van der Waals surface area (Å²) in [5.74, 6) is 0.546. The second kappa shape index (κ2) is 5.30. The van der Waals surface area contributed by atoms with Gasteiger partial charge in [0.2, 0.25) is 0 Å². The van der Waals surface area contributed by atoms with Crippen molar-refractivity contribution in [3.05, 3.63) is 48.2 Å². The second-order valence-electron chi connectivity index (χ2n) is 5.64. The zero-order valence-electron chi connectivity index (χ0n) is 11.8. The molecule has 1 unspecified atom stereocenters. The number of aromatic nitrogens is 3. The topological polar surface area (TPSA) is 53.6 Å². The molecule has 1 aliphatic rings. The van der Waals surface area contributed by atoms with E-state index in [1.807, 2.05) is 12.3 Å². The zero-order valence-corrected chi connectivity index (χ0v) is 11.8. The molecule has 1 fully saturated rings. The van der Waals surface area contributed by atoms with Gasteiger partial charge in [0.05, 0.1) is 11.9 Å². The lowest BCUT2D eigenvalue weighted by atomic mass is 9.89. The minimum absolute atomic E-state index is 0.546. The first-order valence-corrected chi connectivity index (χ1v) is 7.52. The lowest BCUT2D eigenvalue weighted by molar-refractivity contribution is 0.463. The molecule has 4 nitrogen and oxygen atoms in total. The van der Waals surface area contributed by atoms with E-state index in [1.165, 1.54) is 18.4 Å². The number of H-pyrrole nitrogens is 1. The normalized spacial score (nSPS) is 19.0. The summed E-state index contributed by atoms with van der Waals surface area (Å²) >= 11 is 0. The summed E-state index contributed by atoms with van der Waals surface area (Å²) in [7, 11) is 0. The van der Waals surface area contributed by atoms with E-state index in [9.17, 15) is 0 Å². The summed E-state index contributed by atoms with van der Waals surface area (Å²) in [6, 6.07) is 12.6. The van der Waals surface area contributed by atoms with Crippen molar-refractivity contribution in [1.82, 2.24) is 20.5 Å². The standard InChI is InChI=1S/C17H18N4/c1-2-5-12(6-3-1)16-9-14(13-7-4-8-18-10-13)15-11-19-21-17(15)20-16/h1-3,5-6,9,11,13,18H,4,7-8,10H2,(H,19,20,21). The first kappa shape index (κ1) is 12.5. The summed E-state index contributed by atoms with van der Waals surface area (Å²) in [4.78, 5) is 4.72. The van der Waals surface area contributed by atoms with Gasteiger partial charge in [-0.1, -0.05) is 30.3 Å². The number of nitrogens with one attached hydrogen (secondary N) is 2. The Morgan fingerprint density at radius 1 is 1.14 bits per heavy atom. The van der Waals surface area contributed by atoms with Crippen molar-refractivity contribution in [2.24, 2.45) is 0 Å². The first-order chi connectivity index (χ1) is 10.4. The fourth-order valence-electron chi connectivity index (χ4n) is 3.17. The van der Waals surface area contributed by atoms with Gasteiger partial charge < -0.3 is 5.32 Å². The minimum Gasteiger partial charge on any atom is -0.316 e. The molecule has 0 aliphatic carbocycles. The van der Waals surface area contributed by atoms with E-state index in [-0.39, 0.29) is 0 Å². The third-order valence-electron chi connectivity index (χ3n) is 4.26. The summed E-state index contributed by atoms with van der Waals surface area (Å²) in [5.41, 5.74) is 4.42. The van der Waals surface area contributed by atoms with Crippen molar-refractivity contribution < 1.29 is 0 Å². The Morgan fingerprint density at radius 3 is 2.86 bits per heavy atom. The van der Waals surface area contributed by atoms with E-state index in [1.54, 1.807) is 0 Å². The van der Waals surface area contributed by atoms with Gasteiger partial charge in [0, 0.05) is 17.5 Å². The largest absolute Gasteiger partial charge is 0.316 e. The fourth-order valence-corrected chi connectivity index (χ4v) is 3.17. The predicted molar refractivity (Wildman–Crippen MR) is 84.2 cm³/mol. The highest BCUT2D eigenvalue weighted by atomic mass is 15.1. The lowest BCUT2D eigenvalue weighted by Crippen LogP contribution is -2.28. The molecule has 0 amide bonds. The van der Waals surface area contributed by atoms with Crippen LogP contribution in [-0.4, -0.2) is 28.3 Å². The molecule has 4 rings (SSSR count). The molecule has 106 valence electrons. The van der Waals surface area contributed by atoms with Crippen LogP contribution in [0.1, 0.15) is 24.3 Å². The van der Waals surface area contributed by atoms with Crippen LogP contribution in [0, 0.1) is 0 Å².